The minimum Gasteiger partial charge on any atom is -0.326 e. The second-order valence-electron chi connectivity index (χ2n) is 5.35. The van der Waals surface area contributed by atoms with Crippen LogP contribution < -0.4 is 10.1 Å². The number of hydrogen-bond donors (Lipinski definition) is 1. The van der Waals surface area contributed by atoms with Crippen molar-refractivity contribution in [2.24, 2.45) is 4.99 Å². The summed E-state index contributed by atoms with van der Waals surface area (Å²) in [5.74, 6) is 1.75. The summed E-state index contributed by atoms with van der Waals surface area (Å²) in [5.41, 5.74) is 1.40. The number of hydrogen-bond acceptors (Lipinski definition) is 6. The fraction of sp³-hybridized carbons (Fsp3) is 0.118. The van der Waals surface area contributed by atoms with E-state index < -0.39 is 10.8 Å². The molecule has 0 saturated heterocycles. The van der Waals surface area contributed by atoms with Crippen molar-refractivity contribution >= 4 is 55.4 Å². The quantitative estimate of drug-likeness (QED) is 0.413. The molecule has 27 heavy (non-hydrogen) atoms. The number of nitro groups is 1. The lowest BCUT2D eigenvalue weighted by atomic mass is 10.3. The van der Waals surface area contributed by atoms with E-state index in [1.54, 1.807) is 22.8 Å². The number of thiophene rings is 1. The van der Waals surface area contributed by atoms with Crippen LogP contribution in [0.5, 0.6) is 0 Å². The highest BCUT2D eigenvalue weighted by Gasteiger charge is 2.16. The lowest BCUT2D eigenvalue weighted by molar-refractivity contribution is -0.380. The van der Waals surface area contributed by atoms with Crippen molar-refractivity contribution in [2.75, 3.05) is 5.32 Å². The van der Waals surface area contributed by atoms with Gasteiger partial charge in [-0.3, -0.25) is 19.7 Å². The highest BCUT2D eigenvalue weighted by molar-refractivity contribution is 7.17. The predicted molar refractivity (Wildman–Crippen MR) is 104 cm³/mol. The summed E-state index contributed by atoms with van der Waals surface area (Å²) in [6.45, 7) is 1.62. The van der Waals surface area contributed by atoms with Gasteiger partial charge in [0.05, 0.1) is 21.7 Å². The van der Waals surface area contributed by atoms with Crippen LogP contribution in [0.1, 0.15) is 16.6 Å². The second-order valence-corrected chi connectivity index (χ2v) is 7.42. The molecule has 0 saturated carbocycles. The largest absolute Gasteiger partial charge is 0.326 e. The minimum absolute atomic E-state index is 0.124. The molecule has 0 aliphatic carbocycles. The van der Waals surface area contributed by atoms with E-state index in [2.05, 4.69) is 16.2 Å². The minimum atomic E-state index is -0.576. The normalized spacial score (nSPS) is 11.3. The van der Waals surface area contributed by atoms with Gasteiger partial charge in [0.15, 0.2) is 4.80 Å². The lowest BCUT2D eigenvalue weighted by Crippen LogP contribution is -2.16. The van der Waals surface area contributed by atoms with Gasteiger partial charge in [-0.1, -0.05) is 28.6 Å². The van der Waals surface area contributed by atoms with Crippen LogP contribution in [0.2, 0.25) is 0 Å². The first kappa shape index (κ1) is 18.5. The summed E-state index contributed by atoms with van der Waals surface area (Å²) in [5, 5.41) is 13.4. The van der Waals surface area contributed by atoms with Crippen molar-refractivity contribution in [1.29, 1.82) is 0 Å². The standard InChI is InChI=1S/C17H12N4O4S2/c1-3-8-20-12-5-4-11(18-10(2)22)9-14(12)27-17(20)19-16(23)13-6-7-15(26-13)21(24)25/h1,4-7,9H,8H2,2H3,(H,18,22). The maximum atomic E-state index is 12.4. The van der Waals surface area contributed by atoms with Crippen molar-refractivity contribution in [2.45, 2.75) is 13.5 Å². The number of amides is 2. The fourth-order valence-electron chi connectivity index (χ4n) is 2.37. The SMILES string of the molecule is C#CCn1c(=NC(=O)c2ccc([N+](=O)[O-])s2)sc2cc(NC(C)=O)ccc21. The Morgan fingerprint density at radius 2 is 2.11 bits per heavy atom. The van der Waals surface area contributed by atoms with Gasteiger partial charge in [0.1, 0.15) is 4.88 Å². The maximum absolute atomic E-state index is 12.4. The Hall–Kier alpha value is -3.29. The van der Waals surface area contributed by atoms with E-state index in [0.29, 0.717) is 10.5 Å². The zero-order chi connectivity index (χ0) is 19.6. The number of nitrogens with one attached hydrogen (secondary N) is 1. The molecule has 3 rings (SSSR count). The van der Waals surface area contributed by atoms with Crippen LogP contribution in [0.3, 0.4) is 0 Å². The number of anilines is 1. The molecule has 136 valence electrons. The zero-order valence-corrected chi connectivity index (χ0v) is 15.6. The van der Waals surface area contributed by atoms with Gasteiger partial charge >= 0.3 is 5.00 Å². The molecule has 0 aliphatic heterocycles. The Labute approximate surface area is 160 Å². The Morgan fingerprint density at radius 3 is 2.74 bits per heavy atom. The Morgan fingerprint density at radius 1 is 1.33 bits per heavy atom. The molecule has 0 radical (unpaired) electrons. The molecule has 8 nitrogen and oxygen atoms in total. The number of fused-ring (bicyclic) bond motifs is 1. The van der Waals surface area contributed by atoms with E-state index in [-0.39, 0.29) is 22.3 Å². The molecule has 0 fully saturated rings. The molecule has 1 N–H and O–H groups in total. The van der Waals surface area contributed by atoms with Gasteiger partial charge in [-0.05, 0) is 24.3 Å². The number of carbonyl (C=O) groups excluding carboxylic acids is 2. The molecule has 0 atom stereocenters. The molecule has 2 aromatic heterocycles. The summed E-state index contributed by atoms with van der Waals surface area (Å²) >= 11 is 2.01. The van der Waals surface area contributed by atoms with Crippen LogP contribution in [-0.2, 0) is 11.3 Å². The van der Waals surface area contributed by atoms with Gasteiger partial charge in [-0.2, -0.15) is 4.99 Å². The third-order valence-corrected chi connectivity index (χ3v) is 5.50. The first-order chi connectivity index (χ1) is 12.9. The Bertz CT molecular complexity index is 1180. The number of nitrogens with zero attached hydrogens (tertiary/aromatic N) is 3. The average Bonchev–Trinajstić information content (AvgIpc) is 3.20. The van der Waals surface area contributed by atoms with Crippen molar-refractivity contribution in [3.63, 3.8) is 0 Å². The van der Waals surface area contributed by atoms with Crippen LogP contribution in [0.4, 0.5) is 10.7 Å². The molecule has 2 heterocycles. The first-order valence-electron chi connectivity index (χ1n) is 7.57. The zero-order valence-electron chi connectivity index (χ0n) is 14.0. The van der Waals surface area contributed by atoms with Crippen molar-refractivity contribution in [3.05, 3.63) is 50.1 Å². The molecular formula is C17H12N4O4S2. The Balaban J connectivity index is 2.08. The van der Waals surface area contributed by atoms with Gasteiger partial charge in [0.2, 0.25) is 5.91 Å². The van der Waals surface area contributed by atoms with E-state index in [1.807, 2.05) is 0 Å². The first-order valence-corrected chi connectivity index (χ1v) is 9.20. The summed E-state index contributed by atoms with van der Waals surface area (Å²) < 4.78 is 2.50. The van der Waals surface area contributed by atoms with Gasteiger partial charge in [0, 0.05) is 18.7 Å². The van der Waals surface area contributed by atoms with Crippen LogP contribution >= 0.6 is 22.7 Å². The maximum Gasteiger partial charge on any atom is 0.324 e. The molecule has 0 aliphatic rings. The van der Waals surface area contributed by atoms with Gasteiger partial charge in [-0.15, -0.1) is 6.42 Å². The van der Waals surface area contributed by atoms with Crippen LogP contribution in [0.25, 0.3) is 10.2 Å². The molecule has 0 bridgehead atoms. The average molecular weight is 400 g/mol. The number of terminal acetylenes is 1. The van der Waals surface area contributed by atoms with Crippen molar-refractivity contribution in [1.82, 2.24) is 4.57 Å². The molecular weight excluding hydrogens is 388 g/mol. The summed E-state index contributed by atoms with van der Waals surface area (Å²) in [6.07, 6.45) is 5.43. The van der Waals surface area contributed by atoms with Crippen molar-refractivity contribution in [3.8, 4) is 12.3 Å². The molecule has 2 amide bonds. The smallest absolute Gasteiger partial charge is 0.324 e. The Kier molecular flexibility index (Phi) is 5.16. The van der Waals surface area contributed by atoms with Crippen LogP contribution in [0.15, 0.2) is 35.3 Å². The monoisotopic (exact) mass is 400 g/mol. The van der Waals surface area contributed by atoms with E-state index in [9.17, 15) is 19.7 Å². The topological polar surface area (TPSA) is 107 Å². The predicted octanol–water partition coefficient (Wildman–Crippen LogP) is 3.01. The van der Waals surface area contributed by atoms with Crippen molar-refractivity contribution < 1.29 is 14.5 Å². The van der Waals surface area contributed by atoms with E-state index in [4.69, 9.17) is 6.42 Å². The van der Waals surface area contributed by atoms with E-state index in [1.165, 1.54) is 30.4 Å². The fourth-order valence-corrected chi connectivity index (χ4v) is 4.14. The van der Waals surface area contributed by atoms with Crippen LogP contribution in [-0.4, -0.2) is 21.3 Å². The summed E-state index contributed by atoms with van der Waals surface area (Å²) in [6, 6.07) is 7.94. The number of aromatic nitrogens is 1. The van der Waals surface area contributed by atoms with Crippen LogP contribution in [0, 0.1) is 22.5 Å². The molecule has 10 heteroatoms. The lowest BCUT2D eigenvalue weighted by Gasteiger charge is -2.03. The van der Waals surface area contributed by atoms with E-state index >= 15 is 0 Å². The molecule has 0 spiro atoms. The highest BCUT2D eigenvalue weighted by atomic mass is 32.1. The summed E-state index contributed by atoms with van der Waals surface area (Å²) in [7, 11) is 0. The third-order valence-electron chi connectivity index (χ3n) is 3.43. The molecule has 1 aromatic carbocycles. The number of carbonyl (C=O) groups is 2. The summed E-state index contributed by atoms with van der Waals surface area (Å²) in [4.78, 5) is 38.5. The molecule has 3 aromatic rings. The third kappa shape index (κ3) is 3.94. The van der Waals surface area contributed by atoms with Gasteiger partial charge in [0.25, 0.3) is 5.91 Å². The second kappa shape index (κ2) is 7.53. The number of benzene rings is 1. The number of rotatable bonds is 4. The number of thiazole rings is 1. The highest BCUT2D eigenvalue weighted by Crippen LogP contribution is 2.25. The van der Waals surface area contributed by atoms with E-state index in [0.717, 1.165) is 21.6 Å². The van der Waals surface area contributed by atoms with Gasteiger partial charge < -0.3 is 9.88 Å². The van der Waals surface area contributed by atoms with Gasteiger partial charge in [-0.25, -0.2) is 0 Å². The molecule has 0 unspecified atom stereocenters.